The number of pyridine rings is 1. The molecule has 3 aromatic rings. The minimum Gasteiger partial charge on any atom is -0.478 e. The summed E-state index contributed by atoms with van der Waals surface area (Å²) in [6, 6.07) is 12.9. The first kappa shape index (κ1) is 20.7. The topological polar surface area (TPSA) is 88.2 Å². The lowest BCUT2D eigenvalue weighted by Gasteiger charge is -2.23. The Labute approximate surface area is 178 Å². The van der Waals surface area contributed by atoms with Crippen molar-refractivity contribution in [1.82, 2.24) is 19.9 Å². The summed E-state index contributed by atoms with van der Waals surface area (Å²) >= 11 is 0. The zero-order valence-electron chi connectivity index (χ0n) is 17.1. The van der Waals surface area contributed by atoms with Crippen molar-refractivity contribution < 1.29 is 13.9 Å². The first-order valence-electron chi connectivity index (χ1n) is 10.3. The minimum absolute atomic E-state index is 0.0645. The van der Waals surface area contributed by atoms with Crippen LogP contribution in [-0.2, 0) is 4.79 Å². The molecule has 0 saturated carbocycles. The predicted molar refractivity (Wildman–Crippen MR) is 113 cm³/mol. The maximum Gasteiger partial charge on any atom is 0.263 e. The number of hydrogen-bond acceptors (Lipinski definition) is 5. The summed E-state index contributed by atoms with van der Waals surface area (Å²) in [5.41, 5.74) is 0.948. The predicted octanol–water partition coefficient (Wildman–Crippen LogP) is 3.14. The number of ether oxygens (including phenoxy) is 1. The van der Waals surface area contributed by atoms with Crippen LogP contribution in [0.2, 0.25) is 0 Å². The van der Waals surface area contributed by atoms with Gasteiger partial charge in [0.25, 0.3) is 11.5 Å². The maximum atomic E-state index is 13.9. The van der Waals surface area contributed by atoms with Crippen LogP contribution in [0.5, 0.6) is 5.75 Å². The molecule has 0 unspecified atom stereocenters. The number of aromatic amines is 1. The van der Waals surface area contributed by atoms with Gasteiger partial charge in [0.1, 0.15) is 5.69 Å². The van der Waals surface area contributed by atoms with Crippen LogP contribution >= 0.6 is 0 Å². The van der Waals surface area contributed by atoms with Gasteiger partial charge in [0.2, 0.25) is 0 Å². The fourth-order valence-corrected chi connectivity index (χ4v) is 3.72. The van der Waals surface area contributed by atoms with Gasteiger partial charge >= 0.3 is 0 Å². The standard InChI is InChI=1S/C23H23FN4O3/c1-2-19(31-20-9-4-3-7-16(20)24)23(30)28-12-10-15(14-28)18-13-21(29)27-22(26-18)17-8-5-6-11-25-17/h3-9,11,13,15,19H,2,10,12,14H2,1H3,(H,26,27,29)/t15-,19-/m0/s1. The van der Waals surface area contributed by atoms with Gasteiger partial charge in [0, 0.05) is 31.3 Å². The summed E-state index contributed by atoms with van der Waals surface area (Å²) in [7, 11) is 0. The number of nitrogens with zero attached hydrogens (tertiary/aromatic N) is 3. The average Bonchev–Trinajstić information content (AvgIpc) is 3.29. The van der Waals surface area contributed by atoms with Crippen molar-refractivity contribution in [3.63, 3.8) is 0 Å². The number of H-pyrrole nitrogens is 1. The van der Waals surface area contributed by atoms with Gasteiger partial charge in [-0.2, -0.15) is 0 Å². The van der Waals surface area contributed by atoms with E-state index in [1.165, 1.54) is 18.2 Å². The van der Waals surface area contributed by atoms with Gasteiger partial charge in [-0.05, 0) is 37.1 Å². The van der Waals surface area contributed by atoms with E-state index in [1.807, 2.05) is 13.0 Å². The Morgan fingerprint density at radius 2 is 2.10 bits per heavy atom. The number of aromatic nitrogens is 3. The second-order valence-electron chi connectivity index (χ2n) is 7.45. The third kappa shape index (κ3) is 4.63. The molecule has 2 atom stereocenters. The summed E-state index contributed by atoms with van der Waals surface area (Å²) in [5.74, 6) is -0.289. The monoisotopic (exact) mass is 422 g/mol. The quantitative estimate of drug-likeness (QED) is 0.659. The number of hydrogen-bond donors (Lipinski definition) is 1. The van der Waals surface area contributed by atoms with E-state index in [-0.39, 0.29) is 23.1 Å². The molecule has 1 aromatic carbocycles. The van der Waals surface area contributed by atoms with Crippen LogP contribution in [0.15, 0.2) is 59.5 Å². The van der Waals surface area contributed by atoms with Crippen LogP contribution in [0.4, 0.5) is 4.39 Å². The fourth-order valence-electron chi connectivity index (χ4n) is 3.72. The van der Waals surface area contributed by atoms with Gasteiger partial charge in [0.05, 0.1) is 5.69 Å². The number of nitrogens with one attached hydrogen (secondary N) is 1. The molecule has 160 valence electrons. The lowest BCUT2D eigenvalue weighted by atomic mass is 10.0. The zero-order valence-corrected chi connectivity index (χ0v) is 17.1. The summed E-state index contributed by atoms with van der Waals surface area (Å²) < 4.78 is 19.6. The third-order valence-corrected chi connectivity index (χ3v) is 5.34. The Bertz CT molecular complexity index is 1120. The molecular weight excluding hydrogens is 399 g/mol. The molecule has 31 heavy (non-hydrogen) atoms. The minimum atomic E-state index is -0.771. The SMILES string of the molecule is CC[C@H](Oc1ccccc1F)C(=O)N1CC[C@H](c2cc(=O)[nH]c(-c3ccccn3)n2)C1. The van der Waals surface area contributed by atoms with E-state index in [4.69, 9.17) is 4.74 Å². The zero-order chi connectivity index (χ0) is 21.8. The number of benzene rings is 1. The third-order valence-electron chi connectivity index (χ3n) is 5.34. The number of carbonyl (C=O) groups is 1. The van der Waals surface area contributed by atoms with E-state index in [9.17, 15) is 14.0 Å². The van der Waals surface area contributed by atoms with E-state index in [1.54, 1.807) is 35.4 Å². The lowest BCUT2D eigenvalue weighted by Crippen LogP contribution is -2.40. The van der Waals surface area contributed by atoms with Crippen LogP contribution in [0.3, 0.4) is 0 Å². The number of carbonyl (C=O) groups excluding carboxylic acids is 1. The molecule has 1 aliphatic rings. The molecule has 0 aliphatic carbocycles. The molecule has 2 aromatic heterocycles. The number of halogens is 1. The van der Waals surface area contributed by atoms with Gasteiger partial charge in [-0.1, -0.05) is 25.1 Å². The Kier molecular flexibility index (Phi) is 6.06. The normalized spacial score (nSPS) is 16.8. The molecule has 1 fully saturated rings. The molecule has 1 amide bonds. The Balaban J connectivity index is 1.49. The average molecular weight is 422 g/mol. The number of rotatable bonds is 6. The molecule has 1 aliphatic heterocycles. The summed E-state index contributed by atoms with van der Waals surface area (Å²) in [6.07, 6.45) is 1.96. The highest BCUT2D eigenvalue weighted by molar-refractivity contribution is 5.81. The first-order chi connectivity index (χ1) is 15.0. The molecule has 7 nitrogen and oxygen atoms in total. The van der Waals surface area contributed by atoms with Crippen molar-refractivity contribution in [2.75, 3.05) is 13.1 Å². The highest BCUT2D eigenvalue weighted by atomic mass is 19.1. The van der Waals surface area contributed by atoms with Crippen LogP contribution in [0, 0.1) is 5.82 Å². The summed E-state index contributed by atoms with van der Waals surface area (Å²) in [6.45, 7) is 2.77. The van der Waals surface area contributed by atoms with Gasteiger partial charge in [-0.15, -0.1) is 0 Å². The van der Waals surface area contributed by atoms with Crippen molar-refractivity contribution in [2.45, 2.75) is 31.8 Å². The molecule has 8 heteroatoms. The Hall–Kier alpha value is -3.55. The van der Waals surface area contributed by atoms with E-state index in [0.29, 0.717) is 43.1 Å². The Morgan fingerprint density at radius 1 is 1.29 bits per heavy atom. The van der Waals surface area contributed by atoms with Gasteiger partial charge in [0.15, 0.2) is 23.5 Å². The van der Waals surface area contributed by atoms with Gasteiger partial charge in [-0.3, -0.25) is 14.6 Å². The van der Waals surface area contributed by atoms with Crippen LogP contribution in [0.1, 0.15) is 31.4 Å². The second-order valence-corrected chi connectivity index (χ2v) is 7.45. The smallest absolute Gasteiger partial charge is 0.263 e. The van der Waals surface area contributed by atoms with E-state index in [0.717, 1.165) is 0 Å². The summed E-state index contributed by atoms with van der Waals surface area (Å²) in [5, 5.41) is 0. The Morgan fingerprint density at radius 3 is 2.84 bits per heavy atom. The van der Waals surface area contributed by atoms with Gasteiger partial charge < -0.3 is 14.6 Å². The number of para-hydroxylation sites is 1. The first-order valence-corrected chi connectivity index (χ1v) is 10.3. The number of amides is 1. The van der Waals surface area contributed by atoms with Crippen molar-refractivity contribution in [3.05, 3.63) is 76.6 Å². The maximum absolute atomic E-state index is 13.9. The molecule has 4 rings (SSSR count). The van der Waals surface area contributed by atoms with E-state index >= 15 is 0 Å². The van der Waals surface area contributed by atoms with Gasteiger partial charge in [-0.25, -0.2) is 9.37 Å². The summed E-state index contributed by atoms with van der Waals surface area (Å²) in [4.78, 5) is 38.4. The molecule has 0 spiro atoms. The molecule has 3 heterocycles. The van der Waals surface area contributed by atoms with Crippen molar-refractivity contribution >= 4 is 5.91 Å². The molecule has 0 bridgehead atoms. The van der Waals surface area contributed by atoms with Crippen LogP contribution in [0.25, 0.3) is 11.5 Å². The van der Waals surface area contributed by atoms with Crippen molar-refractivity contribution in [1.29, 1.82) is 0 Å². The van der Waals surface area contributed by atoms with Crippen molar-refractivity contribution in [2.24, 2.45) is 0 Å². The molecule has 1 saturated heterocycles. The molecule has 1 N–H and O–H groups in total. The highest BCUT2D eigenvalue weighted by Gasteiger charge is 2.33. The van der Waals surface area contributed by atoms with E-state index in [2.05, 4.69) is 15.0 Å². The lowest BCUT2D eigenvalue weighted by molar-refractivity contribution is -0.137. The van der Waals surface area contributed by atoms with Crippen LogP contribution in [-0.4, -0.2) is 45.0 Å². The van der Waals surface area contributed by atoms with Crippen molar-refractivity contribution in [3.8, 4) is 17.3 Å². The van der Waals surface area contributed by atoms with Crippen LogP contribution < -0.4 is 10.3 Å². The molecule has 0 radical (unpaired) electrons. The van der Waals surface area contributed by atoms with E-state index < -0.39 is 11.9 Å². The largest absolute Gasteiger partial charge is 0.478 e. The highest BCUT2D eigenvalue weighted by Crippen LogP contribution is 2.28. The molecular formula is C23H23FN4O3. The fraction of sp³-hybridized carbons (Fsp3) is 0.304. The second kappa shape index (κ2) is 9.07. The number of likely N-dealkylation sites (tertiary alicyclic amines) is 1.